The smallest absolute Gasteiger partial charge is 0.0923 e. The number of epoxide rings is 1. The van der Waals surface area contributed by atoms with Crippen LogP contribution in [-0.2, 0) is 9.47 Å². The van der Waals surface area contributed by atoms with Gasteiger partial charge in [0.05, 0.1) is 17.8 Å². The number of fused-ring (bicyclic) bond motifs is 1. The highest BCUT2D eigenvalue weighted by molar-refractivity contribution is 5.06. The lowest BCUT2D eigenvalue weighted by Gasteiger charge is -2.47. The van der Waals surface area contributed by atoms with Crippen LogP contribution < -0.4 is 0 Å². The first-order valence-corrected chi connectivity index (χ1v) is 8.61. The molecule has 0 N–H and O–H groups in total. The van der Waals surface area contributed by atoms with E-state index in [1.54, 1.807) is 0 Å². The van der Waals surface area contributed by atoms with Crippen LogP contribution in [0.15, 0.2) is 0 Å². The number of ether oxygens (including phenoxy) is 2. The van der Waals surface area contributed by atoms with Crippen molar-refractivity contribution in [1.82, 2.24) is 0 Å². The average molecular weight is 280 g/mol. The summed E-state index contributed by atoms with van der Waals surface area (Å²) in [5.41, 5.74) is 0.577. The maximum atomic E-state index is 5.99. The Morgan fingerprint density at radius 2 is 1.90 bits per heavy atom. The largest absolute Gasteiger partial charge is 0.378 e. The van der Waals surface area contributed by atoms with Crippen LogP contribution in [0.3, 0.4) is 0 Å². The van der Waals surface area contributed by atoms with Gasteiger partial charge in [0.1, 0.15) is 0 Å². The van der Waals surface area contributed by atoms with Crippen molar-refractivity contribution in [2.24, 2.45) is 23.2 Å². The number of rotatable bonds is 2. The van der Waals surface area contributed by atoms with Gasteiger partial charge in [0.15, 0.2) is 0 Å². The molecular weight excluding hydrogens is 248 g/mol. The zero-order chi connectivity index (χ0) is 14.5. The molecule has 20 heavy (non-hydrogen) atoms. The molecule has 0 aromatic carbocycles. The summed E-state index contributed by atoms with van der Waals surface area (Å²) >= 11 is 0. The lowest BCUT2D eigenvalue weighted by atomic mass is 9.59. The first-order valence-electron chi connectivity index (χ1n) is 8.61. The molecule has 0 radical (unpaired) electrons. The fraction of sp³-hybridized carbons (Fsp3) is 1.00. The second kappa shape index (κ2) is 4.98. The van der Waals surface area contributed by atoms with Gasteiger partial charge in [-0.25, -0.2) is 0 Å². The van der Waals surface area contributed by atoms with E-state index >= 15 is 0 Å². The van der Waals surface area contributed by atoms with Crippen molar-refractivity contribution in [3.63, 3.8) is 0 Å². The molecule has 1 aliphatic carbocycles. The minimum Gasteiger partial charge on any atom is -0.378 e. The van der Waals surface area contributed by atoms with E-state index in [4.69, 9.17) is 9.47 Å². The van der Waals surface area contributed by atoms with Crippen LogP contribution in [0, 0.1) is 23.2 Å². The lowest BCUT2D eigenvalue weighted by molar-refractivity contribution is -0.0764. The Kier molecular flexibility index (Phi) is 3.70. The standard InChI is InChI=1S/C18H32O2/c1-12-14(7-6-10-19-12)16(17(2,3)4)13-8-9-15-18(5,11-13)20-15/h12-16H,6-11H2,1-5H3. The van der Waals surface area contributed by atoms with Crippen molar-refractivity contribution >= 4 is 0 Å². The van der Waals surface area contributed by atoms with Gasteiger partial charge in [-0.15, -0.1) is 0 Å². The van der Waals surface area contributed by atoms with Crippen molar-refractivity contribution in [3.05, 3.63) is 0 Å². The van der Waals surface area contributed by atoms with Crippen molar-refractivity contribution in [1.29, 1.82) is 0 Å². The van der Waals surface area contributed by atoms with Gasteiger partial charge >= 0.3 is 0 Å². The summed E-state index contributed by atoms with van der Waals surface area (Å²) in [6.45, 7) is 12.9. The summed E-state index contributed by atoms with van der Waals surface area (Å²) < 4.78 is 11.9. The molecule has 2 heteroatoms. The Morgan fingerprint density at radius 1 is 1.15 bits per heavy atom. The molecular formula is C18H32O2. The Morgan fingerprint density at radius 3 is 2.50 bits per heavy atom. The molecule has 2 heterocycles. The number of hydrogen-bond donors (Lipinski definition) is 0. The third-order valence-electron chi connectivity index (χ3n) is 6.14. The van der Waals surface area contributed by atoms with Crippen molar-refractivity contribution < 1.29 is 9.47 Å². The van der Waals surface area contributed by atoms with E-state index in [2.05, 4.69) is 34.6 Å². The monoisotopic (exact) mass is 280 g/mol. The van der Waals surface area contributed by atoms with Crippen LogP contribution in [0.2, 0.25) is 0 Å². The van der Waals surface area contributed by atoms with Crippen molar-refractivity contribution in [3.8, 4) is 0 Å². The topological polar surface area (TPSA) is 21.8 Å². The minimum atomic E-state index is 0.213. The summed E-state index contributed by atoms with van der Waals surface area (Å²) in [7, 11) is 0. The maximum Gasteiger partial charge on any atom is 0.0923 e. The lowest BCUT2D eigenvalue weighted by Crippen LogP contribution is -2.44. The van der Waals surface area contributed by atoms with Crippen LogP contribution in [0.4, 0.5) is 0 Å². The normalized spacial score (nSPS) is 46.6. The van der Waals surface area contributed by atoms with Gasteiger partial charge in [0.2, 0.25) is 0 Å². The minimum absolute atomic E-state index is 0.213. The van der Waals surface area contributed by atoms with E-state index in [0.717, 1.165) is 24.4 Å². The Bertz CT molecular complexity index is 359. The zero-order valence-corrected chi connectivity index (χ0v) is 13.9. The van der Waals surface area contributed by atoms with E-state index in [9.17, 15) is 0 Å². The van der Waals surface area contributed by atoms with Crippen LogP contribution in [0.25, 0.3) is 0 Å². The molecule has 3 fully saturated rings. The first-order chi connectivity index (χ1) is 9.31. The highest BCUT2D eigenvalue weighted by Gasteiger charge is 2.58. The van der Waals surface area contributed by atoms with Gasteiger partial charge in [0, 0.05) is 6.61 Å². The molecule has 6 unspecified atom stereocenters. The molecule has 0 aromatic heterocycles. The molecule has 2 aliphatic heterocycles. The van der Waals surface area contributed by atoms with Crippen LogP contribution in [0.5, 0.6) is 0 Å². The van der Waals surface area contributed by atoms with E-state index in [-0.39, 0.29) is 5.60 Å². The third kappa shape index (κ3) is 2.66. The van der Waals surface area contributed by atoms with Crippen LogP contribution in [-0.4, -0.2) is 24.4 Å². The summed E-state index contributed by atoms with van der Waals surface area (Å²) in [6, 6.07) is 0. The predicted octanol–water partition coefficient (Wildman–Crippen LogP) is 4.42. The SMILES string of the molecule is CC1OCCCC1C(C1CCC2OC2(C)C1)C(C)(C)C. The second-order valence-electron chi connectivity index (χ2n) is 8.73. The summed E-state index contributed by atoms with van der Waals surface area (Å²) in [5, 5.41) is 0. The van der Waals surface area contributed by atoms with Crippen molar-refractivity contribution in [2.45, 2.75) is 84.5 Å². The van der Waals surface area contributed by atoms with Crippen LogP contribution in [0.1, 0.15) is 66.7 Å². The van der Waals surface area contributed by atoms with E-state index in [1.807, 2.05) is 0 Å². The maximum absolute atomic E-state index is 5.99. The molecule has 3 rings (SSSR count). The Hall–Kier alpha value is -0.0800. The van der Waals surface area contributed by atoms with Gasteiger partial charge in [-0.3, -0.25) is 0 Å². The Balaban J connectivity index is 1.79. The van der Waals surface area contributed by atoms with Gasteiger partial charge in [0.25, 0.3) is 0 Å². The molecule has 2 nitrogen and oxygen atoms in total. The molecule has 0 aromatic rings. The summed E-state index contributed by atoms with van der Waals surface area (Å²) in [5.74, 6) is 2.31. The number of hydrogen-bond acceptors (Lipinski definition) is 2. The first kappa shape index (κ1) is 14.8. The summed E-state index contributed by atoms with van der Waals surface area (Å²) in [6.07, 6.45) is 7.48. The quantitative estimate of drug-likeness (QED) is 0.698. The van der Waals surface area contributed by atoms with Gasteiger partial charge in [-0.2, -0.15) is 0 Å². The molecule has 2 saturated heterocycles. The third-order valence-corrected chi connectivity index (χ3v) is 6.14. The highest BCUT2D eigenvalue weighted by atomic mass is 16.6. The zero-order valence-electron chi connectivity index (χ0n) is 13.9. The predicted molar refractivity (Wildman–Crippen MR) is 81.7 cm³/mol. The van der Waals surface area contributed by atoms with E-state index < -0.39 is 0 Å². The molecule has 0 bridgehead atoms. The van der Waals surface area contributed by atoms with Gasteiger partial charge < -0.3 is 9.47 Å². The fourth-order valence-electron chi connectivity index (χ4n) is 5.25. The second-order valence-corrected chi connectivity index (χ2v) is 8.73. The molecule has 0 spiro atoms. The molecule has 3 aliphatic rings. The molecule has 6 atom stereocenters. The highest BCUT2D eigenvalue weighted by Crippen LogP contribution is 2.55. The average Bonchev–Trinajstić information content (AvgIpc) is 3.01. The van der Waals surface area contributed by atoms with E-state index in [1.165, 1.54) is 32.1 Å². The van der Waals surface area contributed by atoms with Crippen molar-refractivity contribution in [2.75, 3.05) is 6.61 Å². The van der Waals surface area contributed by atoms with Gasteiger partial charge in [-0.1, -0.05) is 20.8 Å². The van der Waals surface area contributed by atoms with Gasteiger partial charge in [-0.05, 0) is 69.1 Å². The van der Waals surface area contributed by atoms with Crippen LogP contribution >= 0.6 is 0 Å². The van der Waals surface area contributed by atoms with E-state index in [0.29, 0.717) is 17.6 Å². The molecule has 116 valence electrons. The molecule has 1 saturated carbocycles. The molecule has 0 amide bonds. The fourth-order valence-corrected chi connectivity index (χ4v) is 5.25. The summed E-state index contributed by atoms with van der Waals surface area (Å²) in [4.78, 5) is 0. The Labute approximate surface area is 124 Å².